The van der Waals surface area contributed by atoms with Crippen molar-refractivity contribution in [1.29, 1.82) is 5.26 Å². The Bertz CT molecular complexity index is 663. The Morgan fingerprint density at radius 1 is 1.37 bits per heavy atom. The van der Waals surface area contributed by atoms with E-state index in [9.17, 15) is 4.79 Å². The summed E-state index contributed by atoms with van der Waals surface area (Å²) in [7, 11) is 0. The number of nitriles is 1. The van der Waals surface area contributed by atoms with Crippen molar-refractivity contribution in [3.05, 3.63) is 46.3 Å². The van der Waals surface area contributed by atoms with Crippen molar-refractivity contribution >= 4 is 33.3 Å². The molecule has 6 nitrogen and oxygen atoms in total. The lowest BCUT2D eigenvalue weighted by atomic mass is 10.2. The number of nitrogens with two attached hydrogens (primary N) is 1. The molecule has 0 saturated carbocycles. The number of benzene rings is 1. The first-order valence-electron chi connectivity index (χ1n) is 5.18. The SMILES string of the molecule is N#Cc1ccc(NC(=O)c2cnc(N)cn2)c(Br)c1. The number of hydrogen-bond donors (Lipinski definition) is 2. The molecule has 0 spiro atoms. The molecular formula is C12H8BrN5O. The summed E-state index contributed by atoms with van der Waals surface area (Å²) in [5.41, 5.74) is 6.59. The second kappa shape index (κ2) is 5.46. The van der Waals surface area contributed by atoms with Gasteiger partial charge in [-0.05, 0) is 34.1 Å². The van der Waals surface area contributed by atoms with Crippen LogP contribution < -0.4 is 11.1 Å². The molecule has 1 heterocycles. The van der Waals surface area contributed by atoms with Gasteiger partial charge in [0.05, 0.1) is 29.7 Å². The normalized spacial score (nSPS) is 9.68. The summed E-state index contributed by atoms with van der Waals surface area (Å²) in [5, 5.41) is 11.4. The van der Waals surface area contributed by atoms with Crippen LogP contribution in [-0.4, -0.2) is 15.9 Å². The second-order valence-electron chi connectivity index (χ2n) is 3.59. The van der Waals surface area contributed by atoms with Crippen LogP contribution in [0.4, 0.5) is 11.5 Å². The fourth-order valence-corrected chi connectivity index (χ4v) is 1.81. The zero-order valence-corrected chi connectivity index (χ0v) is 11.2. The van der Waals surface area contributed by atoms with Crippen LogP contribution in [0.5, 0.6) is 0 Å². The van der Waals surface area contributed by atoms with Crippen molar-refractivity contribution in [2.75, 3.05) is 11.1 Å². The van der Waals surface area contributed by atoms with Crippen molar-refractivity contribution in [2.45, 2.75) is 0 Å². The average Bonchev–Trinajstić information content (AvgIpc) is 2.41. The maximum atomic E-state index is 11.9. The number of hydrogen-bond acceptors (Lipinski definition) is 5. The summed E-state index contributed by atoms with van der Waals surface area (Å²) in [4.78, 5) is 19.6. The van der Waals surface area contributed by atoms with E-state index in [0.29, 0.717) is 15.7 Å². The molecule has 2 rings (SSSR count). The van der Waals surface area contributed by atoms with Crippen molar-refractivity contribution in [3.63, 3.8) is 0 Å². The zero-order chi connectivity index (χ0) is 13.8. The second-order valence-corrected chi connectivity index (χ2v) is 4.44. The smallest absolute Gasteiger partial charge is 0.275 e. The van der Waals surface area contributed by atoms with Crippen LogP contribution in [0.2, 0.25) is 0 Å². The van der Waals surface area contributed by atoms with Crippen LogP contribution in [0.1, 0.15) is 16.1 Å². The van der Waals surface area contributed by atoms with E-state index in [1.165, 1.54) is 12.4 Å². The summed E-state index contributed by atoms with van der Waals surface area (Å²) in [6, 6.07) is 6.86. The van der Waals surface area contributed by atoms with Crippen LogP contribution in [-0.2, 0) is 0 Å². The van der Waals surface area contributed by atoms with Gasteiger partial charge in [0.15, 0.2) is 0 Å². The number of rotatable bonds is 2. The molecule has 0 aliphatic heterocycles. The van der Waals surface area contributed by atoms with Gasteiger partial charge in [-0.15, -0.1) is 0 Å². The first-order valence-corrected chi connectivity index (χ1v) is 5.98. The fraction of sp³-hybridized carbons (Fsp3) is 0. The first-order chi connectivity index (χ1) is 9.10. The van der Waals surface area contributed by atoms with E-state index in [0.717, 1.165) is 0 Å². The predicted octanol–water partition coefficient (Wildman–Crippen LogP) is 1.95. The van der Waals surface area contributed by atoms with Crippen molar-refractivity contribution < 1.29 is 4.79 Å². The van der Waals surface area contributed by atoms with E-state index in [-0.39, 0.29) is 11.5 Å². The molecule has 1 aromatic carbocycles. The van der Waals surface area contributed by atoms with Gasteiger partial charge in [0.25, 0.3) is 5.91 Å². The van der Waals surface area contributed by atoms with Crippen molar-refractivity contribution in [2.24, 2.45) is 0 Å². The third-order valence-electron chi connectivity index (χ3n) is 2.25. The fourth-order valence-electron chi connectivity index (χ4n) is 1.33. The van der Waals surface area contributed by atoms with Gasteiger partial charge in [-0.1, -0.05) is 0 Å². The lowest BCUT2D eigenvalue weighted by molar-refractivity contribution is 0.102. The average molecular weight is 318 g/mol. The van der Waals surface area contributed by atoms with E-state index in [2.05, 4.69) is 31.2 Å². The molecule has 19 heavy (non-hydrogen) atoms. The van der Waals surface area contributed by atoms with Crippen LogP contribution in [0.15, 0.2) is 35.1 Å². The molecular weight excluding hydrogens is 310 g/mol. The lowest BCUT2D eigenvalue weighted by Gasteiger charge is -2.06. The molecule has 0 radical (unpaired) electrons. The maximum absolute atomic E-state index is 11.9. The number of carbonyl (C=O) groups excluding carboxylic acids is 1. The van der Waals surface area contributed by atoms with Gasteiger partial charge >= 0.3 is 0 Å². The minimum absolute atomic E-state index is 0.158. The van der Waals surface area contributed by atoms with Gasteiger partial charge in [0.2, 0.25) is 0 Å². The maximum Gasteiger partial charge on any atom is 0.275 e. The van der Waals surface area contributed by atoms with Gasteiger partial charge in [0, 0.05) is 4.47 Å². The van der Waals surface area contributed by atoms with Gasteiger partial charge in [-0.2, -0.15) is 5.26 Å². The Kier molecular flexibility index (Phi) is 3.73. The van der Waals surface area contributed by atoms with Crippen LogP contribution in [0, 0.1) is 11.3 Å². The third kappa shape index (κ3) is 3.05. The standard InChI is InChI=1S/C12H8BrN5O/c13-8-3-7(4-14)1-2-9(8)18-12(19)10-5-17-11(15)6-16-10/h1-3,5-6H,(H2,15,17)(H,18,19). The van der Waals surface area contributed by atoms with Gasteiger partial charge in [-0.3, -0.25) is 4.79 Å². The topological polar surface area (TPSA) is 105 Å². The largest absolute Gasteiger partial charge is 0.382 e. The molecule has 0 saturated heterocycles. The molecule has 1 amide bonds. The highest BCUT2D eigenvalue weighted by Gasteiger charge is 2.10. The number of amides is 1. The molecule has 0 fully saturated rings. The van der Waals surface area contributed by atoms with E-state index >= 15 is 0 Å². The summed E-state index contributed by atoms with van der Waals surface area (Å²) in [6.45, 7) is 0. The van der Waals surface area contributed by atoms with Crippen LogP contribution in [0.25, 0.3) is 0 Å². The third-order valence-corrected chi connectivity index (χ3v) is 2.91. The Morgan fingerprint density at radius 2 is 2.16 bits per heavy atom. The quantitative estimate of drug-likeness (QED) is 0.880. The molecule has 0 unspecified atom stereocenters. The molecule has 0 bridgehead atoms. The lowest BCUT2D eigenvalue weighted by Crippen LogP contribution is -2.14. The van der Waals surface area contributed by atoms with E-state index < -0.39 is 5.91 Å². The van der Waals surface area contributed by atoms with Crippen molar-refractivity contribution in [3.8, 4) is 6.07 Å². The Labute approximate surface area is 117 Å². The molecule has 7 heteroatoms. The molecule has 1 aromatic heterocycles. The number of aromatic nitrogens is 2. The Balaban J connectivity index is 2.20. The van der Waals surface area contributed by atoms with Crippen molar-refractivity contribution in [1.82, 2.24) is 9.97 Å². The molecule has 0 aliphatic carbocycles. The van der Waals surface area contributed by atoms with E-state index in [4.69, 9.17) is 11.0 Å². The van der Waals surface area contributed by atoms with E-state index in [1.54, 1.807) is 18.2 Å². The molecule has 94 valence electrons. The zero-order valence-electron chi connectivity index (χ0n) is 9.59. The highest BCUT2D eigenvalue weighted by molar-refractivity contribution is 9.10. The minimum Gasteiger partial charge on any atom is -0.382 e. The minimum atomic E-state index is -0.405. The number of anilines is 2. The summed E-state index contributed by atoms with van der Waals surface area (Å²) in [5.74, 6) is -0.158. The van der Waals surface area contributed by atoms with Gasteiger partial charge < -0.3 is 11.1 Å². The van der Waals surface area contributed by atoms with Gasteiger partial charge in [0.1, 0.15) is 11.5 Å². The number of nitrogens with one attached hydrogen (secondary N) is 1. The first kappa shape index (κ1) is 13.0. The summed E-state index contributed by atoms with van der Waals surface area (Å²) in [6.07, 6.45) is 2.60. The number of carbonyl (C=O) groups is 1. The number of nitrogens with zero attached hydrogens (tertiary/aromatic N) is 3. The number of nitrogen functional groups attached to an aromatic ring is 1. The molecule has 2 aromatic rings. The van der Waals surface area contributed by atoms with Crippen LogP contribution >= 0.6 is 15.9 Å². The highest BCUT2D eigenvalue weighted by Crippen LogP contribution is 2.23. The molecule has 0 aliphatic rings. The molecule has 0 atom stereocenters. The number of halogens is 1. The predicted molar refractivity (Wildman–Crippen MR) is 73.3 cm³/mol. The summed E-state index contributed by atoms with van der Waals surface area (Å²) >= 11 is 3.28. The summed E-state index contributed by atoms with van der Waals surface area (Å²) < 4.78 is 0.614. The van der Waals surface area contributed by atoms with Gasteiger partial charge in [-0.25, -0.2) is 9.97 Å². The Morgan fingerprint density at radius 3 is 2.74 bits per heavy atom. The monoisotopic (exact) mass is 317 g/mol. The van der Waals surface area contributed by atoms with Crippen LogP contribution in [0.3, 0.4) is 0 Å². The molecule has 3 N–H and O–H groups in total. The van der Waals surface area contributed by atoms with E-state index in [1.807, 2.05) is 6.07 Å². The highest BCUT2D eigenvalue weighted by atomic mass is 79.9. The Hall–Kier alpha value is -2.46.